The third kappa shape index (κ3) is 2.94. The molecule has 0 bridgehead atoms. The van der Waals surface area contributed by atoms with Crippen LogP contribution < -0.4 is 16.0 Å². The zero-order chi connectivity index (χ0) is 13.7. The number of furan rings is 1. The molecule has 0 fully saturated rings. The topological polar surface area (TPSA) is 73.3 Å². The van der Waals surface area contributed by atoms with Crippen LogP contribution in [0.4, 0.5) is 0 Å². The zero-order valence-corrected chi connectivity index (χ0v) is 11.2. The Morgan fingerprint density at radius 3 is 2.95 bits per heavy atom. The Morgan fingerprint density at radius 1 is 1.42 bits per heavy atom. The van der Waals surface area contributed by atoms with E-state index in [9.17, 15) is 0 Å². The van der Waals surface area contributed by atoms with E-state index in [0.717, 1.165) is 29.1 Å². The normalized spacial score (nSPS) is 12.4. The first-order valence-electron chi connectivity index (χ1n) is 6.40. The summed E-state index contributed by atoms with van der Waals surface area (Å²) >= 11 is 0. The maximum atomic E-state index is 5.68. The van der Waals surface area contributed by atoms with Gasteiger partial charge in [0, 0.05) is 18.2 Å². The highest BCUT2D eigenvalue weighted by Gasteiger charge is 2.18. The molecule has 0 saturated carbocycles. The first-order chi connectivity index (χ1) is 9.30. The summed E-state index contributed by atoms with van der Waals surface area (Å²) in [6.45, 7) is 4.60. The van der Waals surface area contributed by atoms with Crippen LogP contribution in [-0.2, 0) is 6.42 Å². The molecule has 1 unspecified atom stereocenters. The standard InChI is InChI=1S/C14H19N3O2/c1-3-13-12(5-6-19-13)14(17-15)10-7-11(18-4-2)9-16-8-10/h5-9,14,17H,3-4,15H2,1-2H3. The van der Waals surface area contributed by atoms with Gasteiger partial charge in [0.05, 0.1) is 25.1 Å². The van der Waals surface area contributed by atoms with Crippen LogP contribution in [0.5, 0.6) is 5.75 Å². The van der Waals surface area contributed by atoms with Crippen LogP contribution in [0.3, 0.4) is 0 Å². The molecule has 0 spiro atoms. The molecule has 2 heterocycles. The summed E-state index contributed by atoms with van der Waals surface area (Å²) < 4.78 is 10.9. The first kappa shape index (κ1) is 13.6. The minimum absolute atomic E-state index is 0.151. The lowest BCUT2D eigenvalue weighted by molar-refractivity contribution is 0.338. The van der Waals surface area contributed by atoms with Crippen molar-refractivity contribution in [3.63, 3.8) is 0 Å². The molecule has 0 aliphatic rings. The van der Waals surface area contributed by atoms with E-state index in [2.05, 4.69) is 10.4 Å². The summed E-state index contributed by atoms with van der Waals surface area (Å²) in [6.07, 6.45) is 5.97. The molecule has 2 aromatic rings. The van der Waals surface area contributed by atoms with Crippen LogP contribution in [-0.4, -0.2) is 11.6 Å². The van der Waals surface area contributed by atoms with Crippen molar-refractivity contribution < 1.29 is 9.15 Å². The maximum Gasteiger partial charge on any atom is 0.137 e. The molecule has 1 atom stereocenters. The van der Waals surface area contributed by atoms with Gasteiger partial charge in [-0.05, 0) is 24.6 Å². The molecule has 0 aromatic carbocycles. The quantitative estimate of drug-likeness (QED) is 0.616. The Morgan fingerprint density at radius 2 is 2.26 bits per heavy atom. The first-order valence-corrected chi connectivity index (χ1v) is 6.40. The van der Waals surface area contributed by atoms with Crippen molar-refractivity contribution in [2.75, 3.05) is 6.61 Å². The van der Waals surface area contributed by atoms with Gasteiger partial charge in [-0.3, -0.25) is 10.8 Å². The molecule has 0 aliphatic carbocycles. The van der Waals surface area contributed by atoms with Crippen LogP contribution >= 0.6 is 0 Å². The summed E-state index contributed by atoms with van der Waals surface area (Å²) in [7, 11) is 0. The smallest absolute Gasteiger partial charge is 0.137 e. The Bertz CT molecular complexity index is 525. The Hall–Kier alpha value is -1.85. The van der Waals surface area contributed by atoms with Gasteiger partial charge < -0.3 is 9.15 Å². The number of ether oxygens (including phenoxy) is 1. The van der Waals surface area contributed by atoms with Crippen molar-refractivity contribution >= 4 is 0 Å². The molecule has 0 saturated heterocycles. The number of aromatic nitrogens is 1. The summed E-state index contributed by atoms with van der Waals surface area (Å²) in [5.41, 5.74) is 4.79. The molecule has 102 valence electrons. The van der Waals surface area contributed by atoms with Gasteiger partial charge in [0.25, 0.3) is 0 Å². The second-order valence-corrected chi connectivity index (χ2v) is 4.14. The number of rotatable bonds is 6. The molecule has 3 N–H and O–H groups in total. The number of nitrogens with one attached hydrogen (secondary N) is 1. The predicted molar refractivity (Wildman–Crippen MR) is 72.7 cm³/mol. The van der Waals surface area contributed by atoms with Crippen molar-refractivity contribution in [2.45, 2.75) is 26.3 Å². The average molecular weight is 261 g/mol. The van der Waals surface area contributed by atoms with Gasteiger partial charge in [-0.25, -0.2) is 5.43 Å². The van der Waals surface area contributed by atoms with Crippen LogP contribution in [0.1, 0.15) is 36.8 Å². The fourth-order valence-electron chi connectivity index (χ4n) is 2.10. The van der Waals surface area contributed by atoms with Gasteiger partial charge in [-0.1, -0.05) is 6.92 Å². The molecule has 5 heteroatoms. The van der Waals surface area contributed by atoms with Crippen molar-refractivity contribution in [2.24, 2.45) is 5.84 Å². The molecule has 2 rings (SSSR count). The van der Waals surface area contributed by atoms with Crippen molar-refractivity contribution in [3.05, 3.63) is 47.7 Å². The number of hydrazine groups is 1. The minimum atomic E-state index is -0.151. The van der Waals surface area contributed by atoms with Crippen molar-refractivity contribution in [3.8, 4) is 5.75 Å². The van der Waals surface area contributed by atoms with Crippen LogP contribution in [0.15, 0.2) is 35.2 Å². The van der Waals surface area contributed by atoms with E-state index < -0.39 is 0 Å². The number of nitrogens with zero attached hydrogens (tertiary/aromatic N) is 1. The number of nitrogens with two attached hydrogens (primary N) is 1. The van der Waals surface area contributed by atoms with Gasteiger partial charge in [-0.15, -0.1) is 0 Å². The molecular weight excluding hydrogens is 242 g/mol. The summed E-state index contributed by atoms with van der Waals surface area (Å²) in [5.74, 6) is 7.34. The van der Waals surface area contributed by atoms with E-state index in [1.807, 2.05) is 26.0 Å². The van der Waals surface area contributed by atoms with E-state index in [1.165, 1.54) is 0 Å². The lowest BCUT2D eigenvalue weighted by Gasteiger charge is -2.16. The second kappa shape index (κ2) is 6.36. The number of aryl methyl sites for hydroxylation is 1. The average Bonchev–Trinajstić information content (AvgIpc) is 2.89. The minimum Gasteiger partial charge on any atom is -0.492 e. The van der Waals surface area contributed by atoms with Crippen LogP contribution in [0, 0.1) is 0 Å². The van der Waals surface area contributed by atoms with Gasteiger partial charge in [-0.2, -0.15) is 0 Å². The second-order valence-electron chi connectivity index (χ2n) is 4.14. The zero-order valence-electron chi connectivity index (χ0n) is 11.2. The maximum absolute atomic E-state index is 5.68. The number of hydrogen-bond acceptors (Lipinski definition) is 5. The molecule has 5 nitrogen and oxygen atoms in total. The van der Waals surface area contributed by atoms with E-state index in [4.69, 9.17) is 15.0 Å². The van der Waals surface area contributed by atoms with Crippen LogP contribution in [0.2, 0.25) is 0 Å². The molecule has 19 heavy (non-hydrogen) atoms. The third-order valence-corrected chi connectivity index (χ3v) is 2.96. The van der Waals surface area contributed by atoms with Crippen LogP contribution in [0.25, 0.3) is 0 Å². The number of hydrogen-bond donors (Lipinski definition) is 2. The van der Waals surface area contributed by atoms with E-state index in [0.29, 0.717) is 6.61 Å². The Labute approximate surface area is 112 Å². The highest BCUT2D eigenvalue weighted by molar-refractivity contribution is 5.35. The van der Waals surface area contributed by atoms with Gasteiger partial charge >= 0.3 is 0 Å². The molecule has 2 aromatic heterocycles. The van der Waals surface area contributed by atoms with E-state index >= 15 is 0 Å². The Balaban J connectivity index is 2.34. The summed E-state index contributed by atoms with van der Waals surface area (Å²) in [5, 5.41) is 0. The highest BCUT2D eigenvalue weighted by Crippen LogP contribution is 2.27. The van der Waals surface area contributed by atoms with Crippen molar-refractivity contribution in [1.82, 2.24) is 10.4 Å². The summed E-state index contributed by atoms with van der Waals surface area (Å²) in [6, 6.07) is 3.71. The fourth-order valence-corrected chi connectivity index (χ4v) is 2.10. The molecule has 0 aliphatic heterocycles. The lowest BCUT2D eigenvalue weighted by Crippen LogP contribution is -2.29. The molecule has 0 amide bonds. The largest absolute Gasteiger partial charge is 0.492 e. The highest BCUT2D eigenvalue weighted by atomic mass is 16.5. The monoisotopic (exact) mass is 261 g/mol. The van der Waals surface area contributed by atoms with Crippen molar-refractivity contribution in [1.29, 1.82) is 0 Å². The summed E-state index contributed by atoms with van der Waals surface area (Å²) in [4.78, 5) is 4.19. The SMILES string of the molecule is CCOc1cncc(C(NN)c2ccoc2CC)c1. The lowest BCUT2D eigenvalue weighted by atomic mass is 10.0. The molecular formula is C14H19N3O2. The van der Waals surface area contributed by atoms with Gasteiger partial charge in [0.2, 0.25) is 0 Å². The Kier molecular flexibility index (Phi) is 4.54. The third-order valence-electron chi connectivity index (χ3n) is 2.96. The fraction of sp³-hybridized carbons (Fsp3) is 0.357. The van der Waals surface area contributed by atoms with E-state index in [-0.39, 0.29) is 6.04 Å². The molecule has 0 radical (unpaired) electrons. The number of pyridine rings is 1. The predicted octanol–water partition coefficient (Wildman–Crippen LogP) is 2.19. The van der Waals surface area contributed by atoms with Gasteiger partial charge in [0.1, 0.15) is 11.5 Å². The van der Waals surface area contributed by atoms with E-state index in [1.54, 1.807) is 18.7 Å². The van der Waals surface area contributed by atoms with Gasteiger partial charge in [0.15, 0.2) is 0 Å².